The van der Waals surface area contributed by atoms with Gasteiger partial charge in [-0.2, -0.15) is 18.2 Å². The van der Waals surface area contributed by atoms with Crippen LogP contribution in [0.25, 0.3) is 0 Å². The van der Waals surface area contributed by atoms with E-state index in [1.54, 1.807) is 13.8 Å². The molecule has 1 aromatic heterocycles. The molecule has 0 aliphatic carbocycles. The number of anilines is 1. The molecular weight excluding hydrogens is 320 g/mol. The molecule has 1 amide bonds. The summed E-state index contributed by atoms with van der Waals surface area (Å²) in [6.07, 6.45) is -4.68. The zero-order valence-corrected chi connectivity index (χ0v) is 11.9. The summed E-state index contributed by atoms with van der Waals surface area (Å²) in [6.45, 7) is 3.34. The van der Waals surface area contributed by atoms with E-state index in [0.717, 1.165) is 5.06 Å². The molecule has 0 radical (unpaired) electrons. The van der Waals surface area contributed by atoms with Crippen LogP contribution in [-0.4, -0.2) is 17.5 Å². The van der Waals surface area contributed by atoms with E-state index in [1.807, 2.05) is 0 Å². The maximum atomic E-state index is 12.6. The summed E-state index contributed by atoms with van der Waals surface area (Å²) in [5.74, 6) is -0.706. The molecule has 1 aliphatic rings. The third kappa shape index (κ3) is 2.57. The summed E-state index contributed by atoms with van der Waals surface area (Å²) in [5.41, 5.74) is -1.97. The molecule has 0 unspecified atom stereocenters. The van der Waals surface area contributed by atoms with Crippen LogP contribution in [0.5, 0.6) is 0 Å². The van der Waals surface area contributed by atoms with Crippen molar-refractivity contribution in [2.45, 2.75) is 20.0 Å². The Morgan fingerprint density at radius 3 is 2.45 bits per heavy atom. The van der Waals surface area contributed by atoms with Crippen LogP contribution in [0, 0.1) is 5.41 Å². The number of carbonyl (C=O) groups is 1. The SMILES string of the molecule is CC1(C)CON(c2nc(Cl)c(C(F)(F)F)cc2Cl)C1=O. The topological polar surface area (TPSA) is 42.4 Å². The van der Waals surface area contributed by atoms with Crippen LogP contribution in [0.1, 0.15) is 19.4 Å². The molecule has 1 aromatic rings. The van der Waals surface area contributed by atoms with E-state index < -0.39 is 28.2 Å². The minimum Gasteiger partial charge on any atom is -0.271 e. The van der Waals surface area contributed by atoms with E-state index >= 15 is 0 Å². The largest absolute Gasteiger partial charge is 0.419 e. The van der Waals surface area contributed by atoms with E-state index in [1.165, 1.54) is 0 Å². The molecule has 0 N–H and O–H groups in total. The van der Waals surface area contributed by atoms with Gasteiger partial charge in [0.05, 0.1) is 22.6 Å². The summed E-state index contributed by atoms with van der Waals surface area (Å²) < 4.78 is 37.9. The zero-order valence-electron chi connectivity index (χ0n) is 10.4. The number of pyridine rings is 1. The highest BCUT2D eigenvalue weighted by molar-refractivity contribution is 6.35. The van der Waals surface area contributed by atoms with E-state index in [-0.39, 0.29) is 17.4 Å². The first kappa shape index (κ1) is 15.3. The first-order chi connectivity index (χ1) is 9.04. The van der Waals surface area contributed by atoms with Crippen LogP contribution < -0.4 is 5.06 Å². The van der Waals surface area contributed by atoms with Crippen molar-refractivity contribution >= 4 is 34.9 Å². The number of hydrogen-bond donors (Lipinski definition) is 0. The lowest BCUT2D eigenvalue weighted by Crippen LogP contribution is -2.31. The zero-order chi connectivity index (χ0) is 15.3. The Morgan fingerprint density at radius 2 is 2.00 bits per heavy atom. The lowest BCUT2D eigenvalue weighted by atomic mass is 9.95. The normalized spacial score (nSPS) is 18.8. The maximum Gasteiger partial charge on any atom is 0.419 e. The van der Waals surface area contributed by atoms with Crippen molar-refractivity contribution in [3.05, 3.63) is 21.8 Å². The van der Waals surface area contributed by atoms with Gasteiger partial charge < -0.3 is 0 Å². The fourth-order valence-electron chi connectivity index (χ4n) is 1.58. The Labute approximate surface area is 122 Å². The molecule has 4 nitrogen and oxygen atoms in total. The van der Waals surface area contributed by atoms with Crippen LogP contribution in [-0.2, 0) is 15.8 Å². The lowest BCUT2D eigenvalue weighted by Gasteiger charge is -2.18. The van der Waals surface area contributed by atoms with Gasteiger partial charge in [-0.25, -0.2) is 4.98 Å². The Kier molecular flexibility index (Phi) is 3.64. The molecule has 110 valence electrons. The molecule has 1 saturated heterocycles. The lowest BCUT2D eigenvalue weighted by molar-refractivity contribution is -0.137. The Balaban J connectivity index is 2.46. The molecular formula is C11H9Cl2F3N2O2. The standard InChI is InChI=1S/C11H9Cl2F3N2O2/c1-10(2)4-20-18(9(10)19)8-6(12)3-5(7(13)17-8)11(14,15)16/h3H,4H2,1-2H3. The Hall–Kier alpha value is -1.05. The summed E-state index contributed by atoms with van der Waals surface area (Å²) in [6, 6.07) is 0.619. The van der Waals surface area contributed by atoms with Gasteiger partial charge in [-0.1, -0.05) is 23.2 Å². The second-order valence-electron chi connectivity index (χ2n) is 4.89. The van der Waals surface area contributed by atoms with Crippen LogP contribution in [0.4, 0.5) is 19.0 Å². The number of carbonyl (C=O) groups excluding carboxylic acids is 1. The molecule has 0 bridgehead atoms. The number of aromatic nitrogens is 1. The highest BCUT2D eigenvalue weighted by Gasteiger charge is 2.43. The second-order valence-corrected chi connectivity index (χ2v) is 5.65. The van der Waals surface area contributed by atoms with Gasteiger partial charge >= 0.3 is 6.18 Å². The Bertz CT molecular complexity index is 576. The molecule has 1 fully saturated rings. The van der Waals surface area contributed by atoms with Crippen molar-refractivity contribution in [2.24, 2.45) is 5.41 Å². The van der Waals surface area contributed by atoms with Gasteiger partial charge in [-0.3, -0.25) is 9.63 Å². The van der Waals surface area contributed by atoms with Crippen molar-refractivity contribution < 1.29 is 22.8 Å². The smallest absolute Gasteiger partial charge is 0.271 e. The van der Waals surface area contributed by atoms with Gasteiger partial charge in [0, 0.05) is 0 Å². The Morgan fingerprint density at radius 1 is 1.40 bits per heavy atom. The predicted octanol–water partition coefficient (Wildman–Crippen LogP) is 3.71. The number of nitrogens with zero attached hydrogens (tertiary/aromatic N) is 2. The molecule has 1 aliphatic heterocycles. The predicted molar refractivity (Wildman–Crippen MR) is 66.5 cm³/mol. The number of rotatable bonds is 1. The van der Waals surface area contributed by atoms with Crippen LogP contribution in [0.15, 0.2) is 6.07 Å². The molecule has 2 rings (SSSR count). The van der Waals surface area contributed by atoms with Crippen LogP contribution in [0.3, 0.4) is 0 Å². The highest BCUT2D eigenvalue weighted by atomic mass is 35.5. The summed E-state index contributed by atoms with van der Waals surface area (Å²) in [7, 11) is 0. The first-order valence-electron chi connectivity index (χ1n) is 5.45. The van der Waals surface area contributed by atoms with Crippen molar-refractivity contribution in [1.29, 1.82) is 0 Å². The van der Waals surface area contributed by atoms with Crippen molar-refractivity contribution in [2.75, 3.05) is 11.7 Å². The van der Waals surface area contributed by atoms with Crippen molar-refractivity contribution in [3.8, 4) is 0 Å². The fourth-order valence-corrected chi connectivity index (χ4v) is 2.05. The van der Waals surface area contributed by atoms with E-state index in [0.29, 0.717) is 6.07 Å². The molecule has 0 atom stereocenters. The summed E-state index contributed by atoms with van der Waals surface area (Å²) in [4.78, 5) is 20.7. The van der Waals surface area contributed by atoms with E-state index in [2.05, 4.69) is 4.98 Å². The number of hydroxylamine groups is 1. The van der Waals surface area contributed by atoms with Crippen molar-refractivity contribution in [3.63, 3.8) is 0 Å². The summed E-state index contributed by atoms with van der Waals surface area (Å²) >= 11 is 11.3. The van der Waals surface area contributed by atoms with Crippen molar-refractivity contribution in [1.82, 2.24) is 4.98 Å². The van der Waals surface area contributed by atoms with E-state index in [4.69, 9.17) is 28.0 Å². The summed E-state index contributed by atoms with van der Waals surface area (Å²) in [5, 5.41) is -0.389. The molecule has 20 heavy (non-hydrogen) atoms. The van der Waals surface area contributed by atoms with Gasteiger partial charge in [-0.05, 0) is 19.9 Å². The molecule has 2 heterocycles. The third-order valence-corrected chi connectivity index (χ3v) is 3.29. The van der Waals surface area contributed by atoms with Crippen LogP contribution in [0.2, 0.25) is 10.2 Å². The minimum absolute atomic E-state index is 0.0719. The quantitative estimate of drug-likeness (QED) is 0.738. The average Bonchev–Trinajstić information content (AvgIpc) is 2.56. The third-order valence-electron chi connectivity index (χ3n) is 2.73. The van der Waals surface area contributed by atoms with Gasteiger partial charge in [0.2, 0.25) is 0 Å². The number of alkyl halides is 3. The van der Waals surface area contributed by atoms with Gasteiger partial charge in [0.25, 0.3) is 5.91 Å². The second kappa shape index (κ2) is 4.75. The number of hydrogen-bond acceptors (Lipinski definition) is 3. The highest BCUT2D eigenvalue weighted by Crippen LogP contribution is 2.40. The maximum absolute atomic E-state index is 12.6. The monoisotopic (exact) mass is 328 g/mol. The number of halogens is 5. The molecule has 0 spiro atoms. The van der Waals surface area contributed by atoms with Gasteiger partial charge in [0.1, 0.15) is 5.15 Å². The van der Waals surface area contributed by atoms with Gasteiger partial charge in [0.15, 0.2) is 5.82 Å². The number of amides is 1. The van der Waals surface area contributed by atoms with E-state index in [9.17, 15) is 18.0 Å². The van der Waals surface area contributed by atoms with Gasteiger partial charge in [-0.15, -0.1) is 0 Å². The molecule has 9 heteroatoms. The first-order valence-corrected chi connectivity index (χ1v) is 6.20. The molecule has 0 aromatic carbocycles. The molecule has 0 saturated carbocycles. The average molecular weight is 329 g/mol. The fraction of sp³-hybridized carbons (Fsp3) is 0.455. The minimum atomic E-state index is -4.68. The van der Waals surface area contributed by atoms with Crippen LogP contribution >= 0.6 is 23.2 Å².